The van der Waals surface area contributed by atoms with Crippen molar-refractivity contribution in [2.24, 2.45) is 0 Å². The van der Waals surface area contributed by atoms with Crippen LogP contribution in [0.25, 0.3) is 0 Å². The average molecular weight is 1000 g/mol. The zero-order chi connectivity index (χ0) is 54.4. The van der Waals surface area contributed by atoms with Crippen LogP contribution in [0.3, 0.4) is 0 Å². The van der Waals surface area contributed by atoms with Gasteiger partial charge in [0.1, 0.15) is 36.3 Å². The first kappa shape index (κ1) is 43.4. The van der Waals surface area contributed by atoms with Gasteiger partial charge in [-0.2, -0.15) is 0 Å². The first-order valence-electron chi connectivity index (χ1n) is 27.6. The number of hydrogen-bond donors (Lipinski definition) is 0. The Morgan fingerprint density at radius 2 is 0.645 bits per heavy atom. The van der Waals surface area contributed by atoms with E-state index < -0.39 is 6.98 Å². The molecule has 10 heteroatoms. The van der Waals surface area contributed by atoms with Gasteiger partial charge >= 0.3 is 0 Å². The van der Waals surface area contributed by atoms with Crippen molar-refractivity contribution in [3.63, 3.8) is 0 Å². The van der Waals surface area contributed by atoms with Crippen LogP contribution in [0.2, 0.25) is 0 Å². The van der Waals surface area contributed by atoms with E-state index in [2.05, 4.69) is 205 Å². The van der Waals surface area contributed by atoms with E-state index in [0.29, 0.717) is 24.8 Å². The number of nitrogens with zero attached hydrogens (tertiary/aromatic N) is 8. The molecule has 76 heavy (non-hydrogen) atoms. The van der Waals surface area contributed by atoms with Crippen LogP contribution in [-0.4, -0.2) is 40.7 Å². The van der Waals surface area contributed by atoms with Crippen molar-refractivity contribution in [2.45, 2.75) is 41.5 Å². The summed E-state index contributed by atoms with van der Waals surface area (Å²) in [5.41, 5.74) is 21.8. The van der Waals surface area contributed by atoms with Crippen LogP contribution >= 0.6 is 0 Å². The Labute approximate surface area is 451 Å². The molecule has 4 aliphatic heterocycles. The summed E-state index contributed by atoms with van der Waals surface area (Å²) in [6.07, 6.45) is 0. The van der Waals surface area contributed by atoms with Gasteiger partial charge in [-0.15, -0.1) is 0 Å². The van der Waals surface area contributed by atoms with E-state index in [1.165, 1.54) is 33.0 Å². The summed E-state index contributed by atoms with van der Waals surface area (Å²) < 4.78 is 38.4. The SMILES string of the molecule is [2H]C([2H])([2H])N1CN(c2cccc(Oc3cc(N4CN(c5ccc(N6CN(c7cc(Oc8cccc(N9CN(C)c%10ccccc%109)c8)c(C)c(C)c7C)c7ccccc76)cc5)c5ccccc54)c(C)c(C)c3C)c2)c2ccccc21. The predicted molar refractivity (Wildman–Crippen MR) is 316 cm³/mol. The molecule has 0 N–H and O–H groups in total. The highest BCUT2D eigenvalue weighted by molar-refractivity contribution is 5.91. The van der Waals surface area contributed by atoms with Crippen molar-refractivity contribution in [3.05, 3.63) is 215 Å². The number of benzene rings is 9. The van der Waals surface area contributed by atoms with Crippen LogP contribution in [0.1, 0.15) is 37.5 Å². The molecule has 4 aliphatic rings. The predicted octanol–water partition coefficient (Wildman–Crippen LogP) is 16.7. The van der Waals surface area contributed by atoms with Crippen molar-refractivity contribution in [3.8, 4) is 23.0 Å². The largest absolute Gasteiger partial charge is 0.457 e. The number of hydrogen-bond acceptors (Lipinski definition) is 10. The fourth-order valence-electron chi connectivity index (χ4n) is 11.6. The second-order valence-corrected chi connectivity index (χ2v) is 20.5. The Balaban J connectivity index is 0.757. The highest BCUT2D eigenvalue weighted by Crippen LogP contribution is 2.51. The van der Waals surface area contributed by atoms with Crippen molar-refractivity contribution in [1.82, 2.24) is 0 Å². The molecule has 0 unspecified atom stereocenters. The summed E-state index contributed by atoms with van der Waals surface area (Å²) in [6.45, 7) is 13.0. The Hall–Kier alpha value is -9.02. The Morgan fingerprint density at radius 1 is 0.303 bits per heavy atom. The molecule has 0 fully saturated rings. The van der Waals surface area contributed by atoms with Gasteiger partial charge in [-0.1, -0.05) is 60.7 Å². The molecule has 9 aromatic rings. The molecule has 0 bridgehead atoms. The van der Waals surface area contributed by atoms with Crippen molar-refractivity contribution in [2.75, 3.05) is 79.9 Å². The summed E-state index contributed by atoms with van der Waals surface area (Å²) >= 11 is 0. The zero-order valence-corrected chi connectivity index (χ0v) is 44.0. The summed E-state index contributed by atoms with van der Waals surface area (Å²) in [5, 5.41) is 0. The molecule has 0 saturated heterocycles. The third-order valence-electron chi connectivity index (χ3n) is 16.2. The molecule has 0 radical (unpaired) electrons. The first-order valence-corrected chi connectivity index (χ1v) is 26.1. The second kappa shape index (κ2) is 18.4. The number of para-hydroxylation sites is 8. The normalized spacial score (nSPS) is 15.2. The van der Waals surface area contributed by atoms with E-state index in [0.717, 1.165) is 103 Å². The van der Waals surface area contributed by atoms with Gasteiger partial charge in [-0.3, -0.25) is 0 Å². The minimum Gasteiger partial charge on any atom is -0.457 e. The van der Waals surface area contributed by atoms with Gasteiger partial charge in [-0.25, -0.2) is 0 Å². The molecule has 378 valence electrons. The van der Waals surface area contributed by atoms with Crippen LogP contribution in [0.4, 0.5) is 79.6 Å². The van der Waals surface area contributed by atoms with Gasteiger partial charge in [0.2, 0.25) is 0 Å². The lowest BCUT2D eigenvalue weighted by Gasteiger charge is -2.27. The van der Waals surface area contributed by atoms with Crippen molar-refractivity contribution >= 4 is 79.6 Å². The van der Waals surface area contributed by atoms with Gasteiger partial charge in [0.15, 0.2) is 0 Å². The van der Waals surface area contributed by atoms with Gasteiger partial charge in [0, 0.05) is 76.5 Å². The number of rotatable bonds is 10. The molecule has 13 rings (SSSR count). The van der Waals surface area contributed by atoms with E-state index >= 15 is 0 Å². The van der Waals surface area contributed by atoms with E-state index in [9.17, 15) is 0 Å². The van der Waals surface area contributed by atoms with Gasteiger partial charge in [-0.05, 0) is 172 Å². The van der Waals surface area contributed by atoms with E-state index in [1.54, 1.807) is 0 Å². The molecular formula is C66H62N8O2. The van der Waals surface area contributed by atoms with Crippen LogP contribution in [0.15, 0.2) is 182 Å². The minimum atomic E-state index is -2.28. The molecular weight excluding hydrogens is 937 g/mol. The zero-order valence-electron chi connectivity index (χ0n) is 47.0. The molecule has 0 aliphatic carbocycles. The highest BCUT2D eigenvalue weighted by atomic mass is 16.5. The van der Waals surface area contributed by atoms with Crippen LogP contribution < -0.4 is 48.7 Å². The monoisotopic (exact) mass is 1000 g/mol. The molecule has 0 saturated carbocycles. The lowest BCUT2D eigenvalue weighted by atomic mass is 10.0. The van der Waals surface area contributed by atoms with Crippen LogP contribution in [0.5, 0.6) is 23.0 Å². The van der Waals surface area contributed by atoms with Crippen LogP contribution in [0, 0.1) is 41.5 Å². The Morgan fingerprint density at radius 3 is 1.05 bits per heavy atom. The molecule has 9 aromatic carbocycles. The molecule has 0 aromatic heterocycles. The number of ether oxygens (including phenoxy) is 2. The number of fused-ring (bicyclic) bond motifs is 4. The third kappa shape index (κ3) is 7.77. The van der Waals surface area contributed by atoms with E-state index in [1.807, 2.05) is 59.5 Å². The third-order valence-corrected chi connectivity index (χ3v) is 16.2. The Bertz CT molecular complexity index is 3860. The maximum atomic E-state index is 8.22. The average Bonchev–Trinajstić information content (AvgIpc) is 4.43. The Kier molecular flexibility index (Phi) is 10.5. The lowest BCUT2D eigenvalue weighted by molar-refractivity contribution is 0.478. The van der Waals surface area contributed by atoms with Crippen molar-refractivity contribution in [1.29, 1.82) is 0 Å². The topological polar surface area (TPSA) is 44.4 Å². The van der Waals surface area contributed by atoms with E-state index in [-0.39, 0.29) is 6.67 Å². The first-order chi connectivity index (χ1) is 38.2. The standard InChI is InChI=1S/C66H62N8O2/c1-43-45(3)63(37-65(47(43)5)75-53-21-17-19-51(35-53)69-39-67(7)55-23-9-11-25-57(55)69)73-41-71(59-27-13-15-29-61(59)73)49-31-33-50(34-32-49)72-42-74(62-30-16-14-28-60(62)72)64-38-66(48(6)44(2)46(64)4)76-54-22-18-20-52(36-54)70-40-68(8)56-24-10-12-26-58(56)70/h9-38H,39-42H2,1-8H3/i7D3. The van der Waals surface area contributed by atoms with E-state index in [4.69, 9.17) is 13.6 Å². The quantitative estimate of drug-likeness (QED) is 0.132. The lowest BCUT2D eigenvalue weighted by Crippen LogP contribution is -2.26. The summed E-state index contributed by atoms with van der Waals surface area (Å²) in [5.74, 6) is 3.08. The molecule has 4 heterocycles. The van der Waals surface area contributed by atoms with Gasteiger partial charge < -0.3 is 48.7 Å². The van der Waals surface area contributed by atoms with Crippen molar-refractivity contribution < 1.29 is 13.6 Å². The molecule has 0 atom stereocenters. The smallest absolute Gasteiger partial charge is 0.132 e. The fourth-order valence-corrected chi connectivity index (χ4v) is 11.6. The summed E-state index contributed by atoms with van der Waals surface area (Å²) in [4.78, 5) is 17.7. The molecule has 0 amide bonds. The minimum absolute atomic E-state index is 0.209. The van der Waals surface area contributed by atoms with Gasteiger partial charge in [0.05, 0.1) is 58.8 Å². The maximum absolute atomic E-state index is 8.22. The molecule has 0 spiro atoms. The fraction of sp³-hybridized carbons (Fsp3) is 0.182. The van der Waals surface area contributed by atoms with Crippen LogP contribution in [-0.2, 0) is 0 Å². The number of anilines is 14. The second-order valence-electron chi connectivity index (χ2n) is 20.5. The highest BCUT2D eigenvalue weighted by Gasteiger charge is 2.33. The summed E-state index contributed by atoms with van der Waals surface area (Å²) in [6, 6.07) is 63.2. The summed E-state index contributed by atoms with van der Waals surface area (Å²) in [7, 11) is 2.13. The maximum Gasteiger partial charge on any atom is 0.132 e. The van der Waals surface area contributed by atoms with Gasteiger partial charge in [0.25, 0.3) is 0 Å². The molecule has 10 nitrogen and oxygen atoms in total.